The Morgan fingerprint density at radius 1 is 0.429 bits per heavy atom. The van der Waals surface area contributed by atoms with Crippen LogP contribution in [0.2, 0.25) is 0 Å². The number of aliphatic hydroxyl groups excluding tert-OH is 11. The minimum atomic E-state index is -1.92. The number of aliphatic hydroxyl groups is 11. The van der Waals surface area contributed by atoms with Gasteiger partial charge in [-0.1, -0.05) is 0 Å². The lowest BCUT2D eigenvalue weighted by atomic mass is 9.95. The van der Waals surface area contributed by atoms with Gasteiger partial charge in [-0.25, -0.2) is 0 Å². The van der Waals surface area contributed by atoms with Crippen LogP contribution in [0.15, 0.2) is 0 Å². The lowest BCUT2D eigenvalue weighted by molar-refractivity contribution is -0.401. The Kier molecular flexibility index (Phi) is 11.2. The summed E-state index contributed by atoms with van der Waals surface area (Å²) in [5.41, 5.74) is 0. The molecule has 0 aromatic heterocycles. The van der Waals surface area contributed by atoms with E-state index in [1.54, 1.807) is 0 Å². The van der Waals surface area contributed by atoms with E-state index in [-0.39, 0.29) is 0 Å². The molecular formula is C24H42O18. The lowest BCUT2D eigenvalue weighted by Crippen LogP contribution is -2.67. The van der Waals surface area contributed by atoms with Crippen LogP contribution in [0.1, 0.15) is 20.8 Å². The Balaban J connectivity index is 1.66. The number of hydrogen-bond donors (Lipinski definition) is 11. The van der Waals surface area contributed by atoms with E-state index in [4.69, 9.17) is 33.2 Å². The van der Waals surface area contributed by atoms with Crippen LogP contribution in [0.4, 0.5) is 0 Å². The van der Waals surface area contributed by atoms with Gasteiger partial charge >= 0.3 is 0 Å². The van der Waals surface area contributed by atoms with Crippen molar-refractivity contribution >= 4 is 0 Å². The molecule has 18 heteroatoms. The molecule has 18 nitrogen and oxygen atoms in total. The monoisotopic (exact) mass is 618 g/mol. The highest BCUT2D eigenvalue weighted by Gasteiger charge is 2.55. The Labute approximate surface area is 240 Å². The first-order valence-corrected chi connectivity index (χ1v) is 13.7. The summed E-state index contributed by atoms with van der Waals surface area (Å²) in [7, 11) is 0. The number of ether oxygens (including phenoxy) is 7. The molecule has 0 radical (unpaired) electrons. The minimum Gasteiger partial charge on any atom is -0.394 e. The summed E-state index contributed by atoms with van der Waals surface area (Å²) in [4.78, 5) is 0. The second kappa shape index (κ2) is 13.7. The maximum atomic E-state index is 11.1. The molecule has 4 fully saturated rings. The second-order valence-corrected chi connectivity index (χ2v) is 11.1. The first-order valence-electron chi connectivity index (χ1n) is 13.7. The Morgan fingerprint density at radius 2 is 0.881 bits per heavy atom. The lowest BCUT2D eigenvalue weighted by Gasteiger charge is -2.50. The van der Waals surface area contributed by atoms with Gasteiger partial charge in [0.15, 0.2) is 25.2 Å². The third kappa shape index (κ3) is 6.62. The Hall–Kier alpha value is -0.720. The summed E-state index contributed by atoms with van der Waals surface area (Å²) in [5, 5.41) is 114. The zero-order valence-electron chi connectivity index (χ0n) is 23.0. The summed E-state index contributed by atoms with van der Waals surface area (Å²) in [6.45, 7) is 3.41. The van der Waals surface area contributed by atoms with E-state index in [1.165, 1.54) is 20.8 Å². The minimum absolute atomic E-state index is 0.790. The molecule has 42 heavy (non-hydrogen) atoms. The molecule has 246 valence electrons. The molecule has 0 aromatic rings. The van der Waals surface area contributed by atoms with Crippen molar-refractivity contribution in [2.75, 3.05) is 6.61 Å². The third-order valence-corrected chi connectivity index (χ3v) is 8.09. The van der Waals surface area contributed by atoms with E-state index in [0.29, 0.717) is 0 Å². The molecular weight excluding hydrogens is 576 g/mol. The SMILES string of the molecule is CC1O[C@@H](OC2C(O[C@@H]3OC(CO)[C@@H](O)C(O)C3O)[C@H](OC3C(O)[C@H](O)OC(C)[C@@H]3O)OC(C)[C@@H]2O)C(O)C(O)[C@H]1O. The summed E-state index contributed by atoms with van der Waals surface area (Å²) in [5.74, 6) is 0. The molecule has 4 rings (SSSR count). The van der Waals surface area contributed by atoms with Gasteiger partial charge in [-0.15, -0.1) is 0 Å². The van der Waals surface area contributed by atoms with Crippen molar-refractivity contribution in [2.24, 2.45) is 0 Å². The molecule has 11 N–H and O–H groups in total. The molecule has 4 heterocycles. The van der Waals surface area contributed by atoms with Crippen molar-refractivity contribution in [1.82, 2.24) is 0 Å². The van der Waals surface area contributed by atoms with Crippen molar-refractivity contribution in [2.45, 2.75) is 144 Å². The van der Waals surface area contributed by atoms with Crippen LogP contribution in [-0.4, -0.2) is 186 Å². The van der Waals surface area contributed by atoms with Gasteiger partial charge < -0.3 is 89.3 Å². The quantitative estimate of drug-likeness (QED) is 0.126. The maximum Gasteiger partial charge on any atom is 0.187 e. The second-order valence-electron chi connectivity index (χ2n) is 11.1. The standard InChI is InChI=1S/C24H42O18/c1-5-9(26)13(30)15(32)22(37-5)41-19-11(28)7(3)38-24(40-18-10(27)6(2)36-21(35)17(18)34)20(19)42-23-16(33)14(31)12(29)8(4-25)39-23/h5-35H,4H2,1-3H3/t5?,6?,7?,8?,9-,10-,11-,12+,13?,14?,15?,16?,17?,18?,19?,20?,21+,22-,23-,24-/m0/s1. The fourth-order valence-corrected chi connectivity index (χ4v) is 5.34. The van der Waals surface area contributed by atoms with Crippen LogP contribution < -0.4 is 0 Å². The van der Waals surface area contributed by atoms with E-state index in [9.17, 15) is 56.2 Å². The van der Waals surface area contributed by atoms with Crippen LogP contribution in [0, 0.1) is 0 Å². The Morgan fingerprint density at radius 3 is 1.50 bits per heavy atom. The topological polar surface area (TPSA) is 287 Å². The zero-order valence-corrected chi connectivity index (χ0v) is 23.0. The Bertz CT molecular complexity index is 853. The molecule has 0 bridgehead atoms. The van der Waals surface area contributed by atoms with Crippen LogP contribution in [-0.2, 0) is 33.2 Å². The van der Waals surface area contributed by atoms with Gasteiger partial charge in [0.2, 0.25) is 0 Å². The van der Waals surface area contributed by atoms with E-state index >= 15 is 0 Å². The normalized spacial score (nSPS) is 55.9. The highest BCUT2D eigenvalue weighted by Crippen LogP contribution is 2.35. The fraction of sp³-hybridized carbons (Fsp3) is 1.00. The smallest absolute Gasteiger partial charge is 0.187 e. The first-order chi connectivity index (χ1) is 19.7. The third-order valence-electron chi connectivity index (χ3n) is 8.09. The summed E-state index contributed by atoms with van der Waals surface area (Å²) < 4.78 is 39.3. The predicted octanol–water partition coefficient (Wildman–Crippen LogP) is -6.67. The van der Waals surface area contributed by atoms with Crippen LogP contribution >= 0.6 is 0 Å². The van der Waals surface area contributed by atoms with E-state index < -0.39 is 129 Å². The van der Waals surface area contributed by atoms with Crippen molar-refractivity contribution in [3.63, 3.8) is 0 Å². The van der Waals surface area contributed by atoms with E-state index in [2.05, 4.69) is 0 Å². The molecule has 12 unspecified atom stereocenters. The average Bonchev–Trinajstić information content (AvgIpc) is 2.95. The van der Waals surface area contributed by atoms with Gasteiger partial charge in [0, 0.05) is 0 Å². The van der Waals surface area contributed by atoms with Crippen molar-refractivity contribution < 1.29 is 89.3 Å². The van der Waals surface area contributed by atoms with E-state index in [1.807, 2.05) is 0 Å². The highest BCUT2D eigenvalue weighted by molar-refractivity contribution is 4.97. The first kappa shape index (κ1) is 34.2. The molecule has 0 amide bonds. The molecule has 20 atom stereocenters. The summed E-state index contributed by atoms with van der Waals surface area (Å²) >= 11 is 0. The van der Waals surface area contributed by atoms with Crippen molar-refractivity contribution in [3.05, 3.63) is 0 Å². The molecule has 4 aliphatic heterocycles. The molecule has 0 spiro atoms. The van der Waals surface area contributed by atoms with Gasteiger partial charge in [-0.05, 0) is 20.8 Å². The highest BCUT2D eigenvalue weighted by atomic mass is 16.8. The molecule has 0 aliphatic carbocycles. The number of rotatable bonds is 7. The molecule has 4 aliphatic rings. The van der Waals surface area contributed by atoms with Gasteiger partial charge in [0.05, 0.1) is 24.9 Å². The predicted molar refractivity (Wildman–Crippen MR) is 130 cm³/mol. The zero-order chi connectivity index (χ0) is 31.2. The van der Waals surface area contributed by atoms with Gasteiger partial charge in [0.25, 0.3) is 0 Å². The largest absolute Gasteiger partial charge is 0.394 e. The molecule has 4 saturated heterocycles. The van der Waals surface area contributed by atoms with Crippen LogP contribution in [0.5, 0.6) is 0 Å². The number of hydrogen-bond acceptors (Lipinski definition) is 18. The van der Waals surface area contributed by atoms with Crippen LogP contribution in [0.25, 0.3) is 0 Å². The van der Waals surface area contributed by atoms with Crippen LogP contribution in [0.3, 0.4) is 0 Å². The molecule has 0 aromatic carbocycles. The van der Waals surface area contributed by atoms with Crippen molar-refractivity contribution in [1.29, 1.82) is 0 Å². The van der Waals surface area contributed by atoms with Gasteiger partial charge in [0.1, 0.15) is 79.4 Å². The molecule has 0 saturated carbocycles. The summed E-state index contributed by atoms with van der Waals surface area (Å²) in [6.07, 6.45) is -31.8. The fourth-order valence-electron chi connectivity index (χ4n) is 5.34. The van der Waals surface area contributed by atoms with Crippen molar-refractivity contribution in [3.8, 4) is 0 Å². The average molecular weight is 619 g/mol. The van der Waals surface area contributed by atoms with E-state index in [0.717, 1.165) is 0 Å². The summed E-state index contributed by atoms with van der Waals surface area (Å²) in [6, 6.07) is 0. The maximum absolute atomic E-state index is 11.1. The van der Waals surface area contributed by atoms with Gasteiger partial charge in [-0.3, -0.25) is 0 Å². The van der Waals surface area contributed by atoms with Gasteiger partial charge in [-0.2, -0.15) is 0 Å².